The van der Waals surface area contributed by atoms with Crippen molar-refractivity contribution in [2.75, 3.05) is 14.2 Å². The molecule has 0 amide bonds. The maximum absolute atomic E-state index is 7.12. The third kappa shape index (κ3) is 7.30. The van der Waals surface area contributed by atoms with Crippen LogP contribution in [-0.4, -0.2) is 14.2 Å². The molecule has 8 rings (SSSR count). The Morgan fingerprint density at radius 2 is 0.875 bits per heavy atom. The summed E-state index contributed by atoms with van der Waals surface area (Å²) >= 11 is 0. The number of rotatable bonds is 7. The number of hydrogen-bond donors (Lipinski definition) is 0. The highest BCUT2D eigenvalue weighted by molar-refractivity contribution is 7.36. The number of methoxy groups -OCH3 is 2. The molecule has 0 aliphatic rings. The predicted octanol–water partition coefficient (Wildman–Crippen LogP) is 15.1. The van der Waals surface area contributed by atoms with Crippen LogP contribution in [0.3, 0.4) is 0 Å². The topological polar surface area (TPSA) is 80.2 Å². The van der Waals surface area contributed by atoms with Gasteiger partial charge in [0.1, 0.15) is 39.6 Å². The van der Waals surface area contributed by atoms with Crippen molar-refractivity contribution in [1.29, 1.82) is 0 Å². The third-order valence-corrected chi connectivity index (χ3v) is 12.4. The number of fused-ring (bicyclic) bond motifs is 6. The monoisotopic (exact) mass is 784 g/mol. The van der Waals surface area contributed by atoms with Gasteiger partial charge in [0.25, 0.3) is 0 Å². The number of ether oxygens (including phenoxy) is 2. The van der Waals surface area contributed by atoms with Crippen molar-refractivity contribution in [3.63, 3.8) is 0 Å². The molecule has 286 valence electrons. The SMILES string of the molecule is COc1cc(-c2cc(OC)cc(C(C)(C)C)c2Op2oc3ccccc3c3ccccc3o2)c(Cp2oc3ccccc3c3ccccc3o2)c(C(C)(C)C)c1. The first-order chi connectivity index (χ1) is 26.9. The summed E-state index contributed by atoms with van der Waals surface area (Å²) in [4.78, 5) is 0. The molecule has 0 radical (unpaired) electrons. The van der Waals surface area contributed by atoms with Crippen molar-refractivity contribution in [2.45, 2.75) is 58.5 Å². The van der Waals surface area contributed by atoms with E-state index in [1.54, 1.807) is 14.2 Å². The highest BCUT2D eigenvalue weighted by Crippen LogP contribution is 2.51. The van der Waals surface area contributed by atoms with Crippen LogP contribution in [0, 0.1) is 0 Å². The van der Waals surface area contributed by atoms with Crippen LogP contribution in [0.1, 0.15) is 58.2 Å². The largest absolute Gasteiger partial charge is 0.497 e. The van der Waals surface area contributed by atoms with Crippen LogP contribution in [0.4, 0.5) is 0 Å². The van der Waals surface area contributed by atoms with Crippen LogP contribution in [0.2, 0.25) is 0 Å². The Labute approximate surface area is 329 Å². The van der Waals surface area contributed by atoms with Gasteiger partial charge in [0.15, 0.2) is 0 Å². The van der Waals surface area contributed by atoms with Gasteiger partial charge in [-0.15, -0.1) is 0 Å². The quantitative estimate of drug-likeness (QED) is 0.159. The molecule has 2 aromatic heterocycles. The maximum atomic E-state index is 7.12. The van der Waals surface area contributed by atoms with Crippen molar-refractivity contribution in [1.82, 2.24) is 0 Å². The summed E-state index contributed by atoms with van der Waals surface area (Å²) in [5, 5.41) is 3.90. The molecule has 7 nitrogen and oxygen atoms in total. The smallest absolute Gasteiger partial charge is 0.453 e. The highest BCUT2D eigenvalue weighted by Gasteiger charge is 2.30. The minimum absolute atomic E-state index is 0.284. The van der Waals surface area contributed by atoms with E-state index >= 15 is 0 Å². The van der Waals surface area contributed by atoms with E-state index in [4.69, 9.17) is 30.8 Å². The molecule has 0 spiro atoms. The molecule has 0 N–H and O–H groups in total. The second-order valence-corrected chi connectivity index (χ2v) is 18.3. The molecular formula is C47H46O7P2. The minimum Gasteiger partial charge on any atom is -0.497 e. The van der Waals surface area contributed by atoms with Gasteiger partial charge >= 0.3 is 8.24 Å². The fraction of sp³-hybridized carbons (Fsp3) is 0.234. The Morgan fingerprint density at radius 1 is 0.482 bits per heavy atom. The van der Waals surface area contributed by atoms with E-state index in [0.717, 1.165) is 66.3 Å². The normalized spacial score (nSPS) is 12.0. The van der Waals surface area contributed by atoms with Gasteiger partial charge in [0.2, 0.25) is 8.01 Å². The number of para-hydroxylation sites is 4. The van der Waals surface area contributed by atoms with Crippen molar-refractivity contribution >= 4 is 60.1 Å². The maximum Gasteiger partial charge on any atom is 0.453 e. The first-order valence-electron chi connectivity index (χ1n) is 18.7. The van der Waals surface area contributed by atoms with E-state index in [-0.39, 0.29) is 10.8 Å². The predicted molar refractivity (Wildman–Crippen MR) is 230 cm³/mol. The van der Waals surface area contributed by atoms with Crippen molar-refractivity contribution in [3.8, 4) is 28.4 Å². The van der Waals surface area contributed by atoms with Crippen LogP contribution in [0.15, 0.2) is 138 Å². The highest BCUT2D eigenvalue weighted by atomic mass is 31.1. The number of hydrogen-bond acceptors (Lipinski definition) is 7. The van der Waals surface area contributed by atoms with Gasteiger partial charge in [0, 0.05) is 32.7 Å². The lowest BCUT2D eigenvalue weighted by atomic mass is 9.79. The van der Waals surface area contributed by atoms with E-state index in [9.17, 15) is 0 Å². The second kappa shape index (κ2) is 14.9. The van der Waals surface area contributed by atoms with E-state index in [2.05, 4.69) is 65.8 Å². The standard InChI is InChI=1S/C47H46O7P2/c1-46(2,3)39-27-30(48-7)25-36(38(39)29-55-50-41-21-13-9-17-32(41)33-18-10-14-22-42(33)51-55)37-26-31(49-8)28-40(47(4,5)6)45(37)54-56-52-43-23-15-11-19-34(43)35-20-12-16-24-44(35)53-56/h9-28H,29H2,1-8H3. The van der Waals surface area contributed by atoms with Gasteiger partial charge in [0.05, 0.1) is 20.4 Å². The first-order valence-corrected chi connectivity index (χ1v) is 21.2. The molecule has 0 unspecified atom stereocenters. The summed E-state index contributed by atoms with van der Waals surface area (Å²) in [6, 6.07) is 40.5. The summed E-state index contributed by atoms with van der Waals surface area (Å²) in [7, 11) is -0.0989. The third-order valence-electron chi connectivity index (χ3n) is 9.99. The van der Waals surface area contributed by atoms with Gasteiger partial charge in [-0.2, -0.15) is 0 Å². The van der Waals surface area contributed by atoms with Crippen LogP contribution in [0.5, 0.6) is 17.2 Å². The van der Waals surface area contributed by atoms with E-state index in [1.165, 1.54) is 0 Å². The zero-order chi connectivity index (χ0) is 39.2. The molecule has 0 aliphatic carbocycles. The van der Waals surface area contributed by atoms with Crippen LogP contribution in [0.25, 0.3) is 55.0 Å². The molecule has 56 heavy (non-hydrogen) atoms. The fourth-order valence-corrected chi connectivity index (χ4v) is 9.84. The lowest BCUT2D eigenvalue weighted by molar-refractivity contribution is 0.410. The van der Waals surface area contributed by atoms with E-state index < -0.39 is 16.3 Å². The van der Waals surface area contributed by atoms with Gasteiger partial charge < -0.3 is 30.8 Å². The molecule has 6 aromatic carbocycles. The summed E-state index contributed by atoms with van der Waals surface area (Å²) < 4.78 is 46.1. The van der Waals surface area contributed by atoms with Crippen LogP contribution >= 0.6 is 16.3 Å². The Hall–Kier alpha value is -5.48. The molecule has 8 aromatic rings. The van der Waals surface area contributed by atoms with Crippen LogP contribution < -0.4 is 14.0 Å². The van der Waals surface area contributed by atoms with Crippen molar-refractivity contribution in [2.24, 2.45) is 0 Å². The second-order valence-electron chi connectivity index (χ2n) is 15.9. The summed E-state index contributed by atoms with van der Waals surface area (Å²) in [5.74, 6) is 2.06. The lowest BCUT2D eigenvalue weighted by Crippen LogP contribution is -2.16. The average Bonchev–Trinajstić information content (AvgIpc) is 3.44. The molecular weight excluding hydrogens is 738 g/mol. The van der Waals surface area contributed by atoms with E-state index in [0.29, 0.717) is 28.8 Å². The summed E-state index contributed by atoms with van der Waals surface area (Å²) in [6.45, 7) is 13.2. The van der Waals surface area contributed by atoms with Gasteiger partial charge in [-0.1, -0.05) is 114 Å². The Bertz CT molecular complexity index is 2510. The zero-order valence-corrected chi connectivity index (χ0v) is 34.8. The minimum atomic E-state index is -1.98. The van der Waals surface area contributed by atoms with Gasteiger partial charge in [-0.3, -0.25) is 0 Å². The molecule has 0 fully saturated rings. The lowest BCUT2D eigenvalue weighted by Gasteiger charge is -2.28. The summed E-state index contributed by atoms with van der Waals surface area (Å²) in [5.41, 5.74) is 7.16. The van der Waals surface area contributed by atoms with E-state index in [1.807, 2.05) is 97.1 Å². The van der Waals surface area contributed by atoms with Gasteiger partial charge in [-0.05, 0) is 76.1 Å². The fourth-order valence-electron chi connectivity index (χ4n) is 7.22. The van der Waals surface area contributed by atoms with Crippen molar-refractivity contribution < 1.29 is 30.8 Å². The zero-order valence-electron chi connectivity index (χ0n) is 33.0. The molecule has 0 aliphatic heterocycles. The first kappa shape index (κ1) is 37.4. The molecule has 9 heteroatoms. The Kier molecular flexibility index (Phi) is 9.95. The van der Waals surface area contributed by atoms with Gasteiger partial charge in [-0.25, -0.2) is 0 Å². The molecule has 0 bridgehead atoms. The molecule has 2 heterocycles. The molecule has 0 atom stereocenters. The Balaban J connectivity index is 1.44. The molecule has 0 saturated carbocycles. The average molecular weight is 785 g/mol. The number of benzene rings is 6. The van der Waals surface area contributed by atoms with Crippen LogP contribution in [-0.2, 0) is 17.0 Å². The Morgan fingerprint density at radius 3 is 1.30 bits per heavy atom. The van der Waals surface area contributed by atoms with Crippen molar-refractivity contribution in [3.05, 3.63) is 138 Å². The molecule has 0 saturated heterocycles. The summed E-state index contributed by atoms with van der Waals surface area (Å²) in [6.07, 6.45) is 0.480.